The van der Waals surface area contributed by atoms with Crippen molar-refractivity contribution in [2.75, 3.05) is 26.3 Å². The van der Waals surface area contributed by atoms with E-state index in [1.165, 1.54) is 6.07 Å². The quantitative estimate of drug-likeness (QED) is 0.684. The van der Waals surface area contributed by atoms with Crippen molar-refractivity contribution < 1.29 is 9.13 Å². The van der Waals surface area contributed by atoms with E-state index in [-0.39, 0.29) is 11.9 Å². The summed E-state index contributed by atoms with van der Waals surface area (Å²) in [4.78, 5) is 7.21. The Hall–Kier alpha value is -1.95. The van der Waals surface area contributed by atoms with E-state index in [9.17, 15) is 4.39 Å². The van der Waals surface area contributed by atoms with E-state index < -0.39 is 0 Å². The fraction of sp³-hybridized carbons (Fsp3) is 0.350. The zero-order valence-electron chi connectivity index (χ0n) is 14.7. The molecule has 0 N–H and O–H groups in total. The summed E-state index contributed by atoms with van der Waals surface area (Å²) < 4.78 is 21.9. The van der Waals surface area contributed by atoms with Crippen LogP contribution >= 0.6 is 11.6 Å². The molecule has 6 heteroatoms. The van der Waals surface area contributed by atoms with Gasteiger partial charge in [0.2, 0.25) is 0 Å². The first-order valence-corrected chi connectivity index (χ1v) is 9.23. The number of imidazole rings is 1. The number of aromatic nitrogens is 2. The van der Waals surface area contributed by atoms with Crippen LogP contribution in [0.1, 0.15) is 24.4 Å². The predicted molar refractivity (Wildman–Crippen MR) is 101 cm³/mol. The van der Waals surface area contributed by atoms with Crippen LogP contribution in [0.15, 0.2) is 42.5 Å². The van der Waals surface area contributed by atoms with Crippen molar-refractivity contribution in [2.24, 2.45) is 0 Å². The number of para-hydroxylation sites is 2. The molecule has 0 saturated carbocycles. The molecule has 0 spiro atoms. The van der Waals surface area contributed by atoms with Crippen molar-refractivity contribution in [3.8, 4) is 0 Å². The van der Waals surface area contributed by atoms with E-state index in [0.717, 1.165) is 43.2 Å². The molecule has 4 rings (SSSR count). The van der Waals surface area contributed by atoms with Gasteiger partial charge >= 0.3 is 0 Å². The van der Waals surface area contributed by atoms with Crippen LogP contribution in [0.2, 0.25) is 5.02 Å². The maximum Gasteiger partial charge on any atom is 0.129 e. The van der Waals surface area contributed by atoms with E-state index in [0.29, 0.717) is 17.1 Å². The largest absolute Gasteiger partial charge is 0.379 e. The minimum absolute atomic E-state index is 0.108. The van der Waals surface area contributed by atoms with Crippen LogP contribution in [0.3, 0.4) is 0 Å². The van der Waals surface area contributed by atoms with E-state index in [1.807, 2.05) is 24.3 Å². The molecule has 1 unspecified atom stereocenters. The monoisotopic (exact) mass is 373 g/mol. The highest BCUT2D eigenvalue weighted by Gasteiger charge is 2.24. The van der Waals surface area contributed by atoms with Crippen LogP contribution in [0.4, 0.5) is 4.39 Å². The fourth-order valence-electron chi connectivity index (χ4n) is 3.55. The molecule has 2 aromatic carbocycles. The minimum atomic E-state index is -0.291. The molecule has 1 aliphatic heterocycles. The molecule has 1 saturated heterocycles. The summed E-state index contributed by atoms with van der Waals surface area (Å²) in [5, 5.41) is 0.438. The van der Waals surface area contributed by atoms with Crippen molar-refractivity contribution in [3.05, 3.63) is 64.7 Å². The van der Waals surface area contributed by atoms with Gasteiger partial charge in [-0.15, -0.1) is 0 Å². The van der Waals surface area contributed by atoms with E-state index in [2.05, 4.69) is 16.4 Å². The Morgan fingerprint density at radius 3 is 2.69 bits per heavy atom. The lowest BCUT2D eigenvalue weighted by atomic mass is 10.2. The predicted octanol–water partition coefficient (Wildman–Crippen LogP) is 4.27. The van der Waals surface area contributed by atoms with Crippen LogP contribution in [0.5, 0.6) is 0 Å². The molecule has 0 radical (unpaired) electrons. The van der Waals surface area contributed by atoms with Crippen molar-refractivity contribution in [2.45, 2.75) is 19.5 Å². The van der Waals surface area contributed by atoms with Crippen molar-refractivity contribution in [1.82, 2.24) is 14.5 Å². The van der Waals surface area contributed by atoms with Gasteiger partial charge in [0.25, 0.3) is 0 Å². The van der Waals surface area contributed by atoms with Gasteiger partial charge < -0.3 is 9.30 Å². The number of benzene rings is 2. The highest BCUT2D eigenvalue weighted by atomic mass is 35.5. The van der Waals surface area contributed by atoms with Crippen LogP contribution in [0, 0.1) is 5.82 Å². The van der Waals surface area contributed by atoms with Gasteiger partial charge in [-0.1, -0.05) is 29.8 Å². The fourth-order valence-corrected chi connectivity index (χ4v) is 3.77. The third-order valence-electron chi connectivity index (χ3n) is 5.03. The van der Waals surface area contributed by atoms with Gasteiger partial charge in [0.05, 0.1) is 36.8 Å². The molecule has 136 valence electrons. The second-order valence-corrected chi connectivity index (χ2v) is 6.98. The molecule has 1 atom stereocenters. The Morgan fingerprint density at radius 1 is 1.15 bits per heavy atom. The lowest BCUT2D eigenvalue weighted by Gasteiger charge is -2.32. The number of hydrogen-bond acceptors (Lipinski definition) is 3. The highest BCUT2D eigenvalue weighted by Crippen LogP contribution is 2.28. The van der Waals surface area contributed by atoms with Gasteiger partial charge in [-0.25, -0.2) is 9.37 Å². The number of hydrogen-bond donors (Lipinski definition) is 0. The second kappa shape index (κ2) is 7.35. The van der Waals surface area contributed by atoms with Crippen LogP contribution in [-0.2, 0) is 11.3 Å². The summed E-state index contributed by atoms with van der Waals surface area (Å²) in [6.45, 7) is 5.69. The third kappa shape index (κ3) is 3.22. The normalized spacial score (nSPS) is 16.9. The Morgan fingerprint density at radius 2 is 1.92 bits per heavy atom. The topological polar surface area (TPSA) is 30.3 Å². The molecule has 1 aliphatic rings. The zero-order valence-corrected chi connectivity index (χ0v) is 15.4. The SMILES string of the molecule is CC(c1nc2ccccc2n1Cc1c(F)cccc1Cl)N1CCOCC1. The average molecular weight is 374 g/mol. The van der Waals surface area contributed by atoms with E-state index in [1.54, 1.807) is 12.1 Å². The third-order valence-corrected chi connectivity index (χ3v) is 5.38. The molecule has 1 fully saturated rings. The summed E-state index contributed by atoms with van der Waals surface area (Å²) in [6, 6.07) is 12.9. The van der Waals surface area contributed by atoms with Gasteiger partial charge in [0, 0.05) is 23.7 Å². The number of halogens is 2. The van der Waals surface area contributed by atoms with Gasteiger partial charge in [-0.2, -0.15) is 0 Å². The standard InChI is InChI=1S/C20H21ClFN3O/c1-14(24-9-11-26-12-10-24)20-23-18-7-2-3-8-19(18)25(20)13-15-16(21)5-4-6-17(15)22/h2-8,14H,9-13H2,1H3. The van der Waals surface area contributed by atoms with E-state index >= 15 is 0 Å². The second-order valence-electron chi connectivity index (χ2n) is 6.57. The number of ether oxygens (including phenoxy) is 1. The minimum Gasteiger partial charge on any atom is -0.379 e. The number of fused-ring (bicyclic) bond motifs is 1. The lowest BCUT2D eigenvalue weighted by Crippen LogP contribution is -2.39. The average Bonchev–Trinajstić information content (AvgIpc) is 3.03. The van der Waals surface area contributed by atoms with Crippen molar-refractivity contribution >= 4 is 22.6 Å². The summed E-state index contributed by atoms with van der Waals surface area (Å²) in [5.74, 6) is 0.632. The van der Waals surface area contributed by atoms with Crippen LogP contribution < -0.4 is 0 Å². The molecule has 4 nitrogen and oxygen atoms in total. The van der Waals surface area contributed by atoms with E-state index in [4.69, 9.17) is 21.3 Å². The lowest BCUT2D eigenvalue weighted by molar-refractivity contribution is 0.0177. The first-order chi connectivity index (χ1) is 12.6. The van der Waals surface area contributed by atoms with Gasteiger partial charge in [0.1, 0.15) is 11.6 Å². The molecule has 26 heavy (non-hydrogen) atoms. The molecule has 2 heterocycles. The number of rotatable bonds is 4. The molecule has 1 aromatic heterocycles. The maximum atomic E-state index is 14.4. The first-order valence-electron chi connectivity index (χ1n) is 8.85. The molecule has 0 amide bonds. The molecule has 3 aromatic rings. The Balaban J connectivity index is 1.79. The summed E-state index contributed by atoms with van der Waals surface area (Å²) in [6.07, 6.45) is 0. The smallest absolute Gasteiger partial charge is 0.129 e. The molecule has 0 bridgehead atoms. The van der Waals surface area contributed by atoms with Crippen LogP contribution in [0.25, 0.3) is 11.0 Å². The Kier molecular flexibility index (Phi) is 4.94. The Bertz CT molecular complexity index is 900. The van der Waals surface area contributed by atoms with Crippen molar-refractivity contribution in [1.29, 1.82) is 0 Å². The summed E-state index contributed by atoms with van der Waals surface area (Å²) >= 11 is 6.28. The first kappa shape index (κ1) is 17.5. The van der Waals surface area contributed by atoms with Crippen LogP contribution in [-0.4, -0.2) is 40.8 Å². The molecular formula is C20H21ClFN3O. The number of morpholine rings is 1. The Labute approximate surface area is 157 Å². The highest BCUT2D eigenvalue weighted by molar-refractivity contribution is 6.31. The van der Waals surface area contributed by atoms with Gasteiger partial charge in [-0.3, -0.25) is 4.90 Å². The van der Waals surface area contributed by atoms with Gasteiger partial charge in [0.15, 0.2) is 0 Å². The maximum absolute atomic E-state index is 14.4. The number of nitrogens with zero attached hydrogens (tertiary/aromatic N) is 3. The van der Waals surface area contributed by atoms with Gasteiger partial charge in [-0.05, 0) is 31.2 Å². The zero-order chi connectivity index (χ0) is 18.1. The summed E-state index contributed by atoms with van der Waals surface area (Å²) in [5.41, 5.74) is 2.39. The summed E-state index contributed by atoms with van der Waals surface area (Å²) in [7, 11) is 0. The molecule has 0 aliphatic carbocycles. The molecular weight excluding hydrogens is 353 g/mol. The van der Waals surface area contributed by atoms with Crippen molar-refractivity contribution in [3.63, 3.8) is 0 Å².